The quantitative estimate of drug-likeness (QED) is 0.655. The number of pyridine rings is 1. The highest BCUT2D eigenvalue weighted by molar-refractivity contribution is 6.35. The number of ether oxygens (including phenoxy) is 1. The van der Waals surface area contributed by atoms with Gasteiger partial charge in [-0.05, 0) is 29.3 Å². The summed E-state index contributed by atoms with van der Waals surface area (Å²) in [6.45, 7) is 0.691. The molecule has 6 heteroatoms. The van der Waals surface area contributed by atoms with Crippen LogP contribution in [0.3, 0.4) is 0 Å². The smallest absolute Gasteiger partial charge is 0.251 e. The van der Waals surface area contributed by atoms with Gasteiger partial charge in [-0.2, -0.15) is 0 Å². The minimum Gasteiger partial charge on any atom is -0.473 e. The van der Waals surface area contributed by atoms with Crippen LogP contribution in [0, 0.1) is 0 Å². The summed E-state index contributed by atoms with van der Waals surface area (Å²) in [5.41, 5.74) is 2.29. The highest BCUT2D eigenvalue weighted by atomic mass is 35.5. The molecule has 0 radical (unpaired) electrons. The second-order valence-corrected chi connectivity index (χ2v) is 6.42. The maximum absolute atomic E-state index is 12.4. The minimum absolute atomic E-state index is 0.233. The second-order valence-electron chi connectivity index (χ2n) is 5.58. The third kappa shape index (κ3) is 4.97. The first-order chi connectivity index (χ1) is 12.6. The Morgan fingerprint density at radius 2 is 1.85 bits per heavy atom. The van der Waals surface area contributed by atoms with Gasteiger partial charge in [-0.1, -0.05) is 59.6 Å². The molecule has 0 saturated carbocycles. The van der Waals surface area contributed by atoms with Gasteiger partial charge in [0.2, 0.25) is 5.88 Å². The molecule has 3 rings (SSSR count). The molecule has 0 aliphatic carbocycles. The zero-order valence-corrected chi connectivity index (χ0v) is 15.3. The Bertz CT molecular complexity index is 901. The molecule has 26 heavy (non-hydrogen) atoms. The van der Waals surface area contributed by atoms with E-state index in [0.29, 0.717) is 34.6 Å². The minimum atomic E-state index is -0.233. The molecular formula is C20H16Cl2N2O2. The zero-order chi connectivity index (χ0) is 18.4. The number of rotatable bonds is 6. The molecule has 4 nitrogen and oxygen atoms in total. The van der Waals surface area contributed by atoms with E-state index in [9.17, 15) is 4.79 Å². The van der Waals surface area contributed by atoms with Crippen molar-refractivity contribution >= 4 is 29.1 Å². The molecule has 1 amide bonds. The third-order valence-corrected chi connectivity index (χ3v) is 4.27. The molecule has 1 N–H and O–H groups in total. The number of halogens is 2. The van der Waals surface area contributed by atoms with Crippen molar-refractivity contribution in [2.45, 2.75) is 13.2 Å². The van der Waals surface area contributed by atoms with Crippen molar-refractivity contribution in [1.29, 1.82) is 0 Å². The van der Waals surface area contributed by atoms with E-state index in [4.69, 9.17) is 27.9 Å². The normalized spacial score (nSPS) is 10.4. The fourth-order valence-electron chi connectivity index (χ4n) is 2.30. The number of amides is 1. The van der Waals surface area contributed by atoms with Crippen LogP contribution in [-0.4, -0.2) is 10.9 Å². The summed E-state index contributed by atoms with van der Waals surface area (Å²) in [4.78, 5) is 16.5. The summed E-state index contributed by atoms with van der Waals surface area (Å²) in [7, 11) is 0. The van der Waals surface area contributed by atoms with E-state index in [0.717, 1.165) is 11.1 Å². The lowest BCUT2D eigenvalue weighted by Gasteiger charge is -2.09. The summed E-state index contributed by atoms with van der Waals surface area (Å²) < 4.78 is 5.65. The Morgan fingerprint density at radius 3 is 2.62 bits per heavy atom. The topological polar surface area (TPSA) is 51.2 Å². The molecule has 1 aromatic heterocycles. The van der Waals surface area contributed by atoms with Gasteiger partial charge in [0.15, 0.2) is 0 Å². The lowest BCUT2D eigenvalue weighted by Crippen LogP contribution is -2.23. The van der Waals surface area contributed by atoms with Crippen LogP contribution in [0.25, 0.3) is 0 Å². The van der Waals surface area contributed by atoms with Crippen LogP contribution in [-0.2, 0) is 13.2 Å². The number of benzene rings is 2. The number of carbonyl (C=O) groups is 1. The molecule has 3 aromatic rings. The monoisotopic (exact) mass is 386 g/mol. The Labute approximate surface area is 161 Å². The number of nitrogens with one attached hydrogen (secondary N) is 1. The first-order valence-electron chi connectivity index (χ1n) is 7.97. The Kier molecular flexibility index (Phi) is 6.10. The predicted octanol–water partition coefficient (Wildman–Crippen LogP) is 4.90. The average Bonchev–Trinajstić information content (AvgIpc) is 2.66. The van der Waals surface area contributed by atoms with E-state index in [1.807, 2.05) is 30.3 Å². The first-order valence-corrected chi connectivity index (χ1v) is 8.72. The summed E-state index contributed by atoms with van der Waals surface area (Å²) in [6.07, 6.45) is 1.55. The molecule has 0 atom stereocenters. The lowest BCUT2D eigenvalue weighted by molar-refractivity contribution is 0.0950. The van der Waals surface area contributed by atoms with E-state index >= 15 is 0 Å². The van der Waals surface area contributed by atoms with Gasteiger partial charge in [-0.25, -0.2) is 4.98 Å². The van der Waals surface area contributed by atoms with Crippen LogP contribution in [0.15, 0.2) is 66.9 Å². The first kappa shape index (κ1) is 18.2. The Balaban J connectivity index is 1.60. The zero-order valence-electron chi connectivity index (χ0n) is 13.8. The van der Waals surface area contributed by atoms with Gasteiger partial charge in [-0.15, -0.1) is 0 Å². The number of nitrogens with zero attached hydrogens (tertiary/aromatic N) is 1. The molecule has 0 aliphatic heterocycles. The standard InChI is InChI=1S/C20H16Cl2N2O2/c21-17-7-6-16(18(22)11-17)12-24-20(25)15-8-9-23-19(10-15)26-13-14-4-2-1-3-5-14/h1-11H,12-13H2,(H,24,25). The van der Waals surface area contributed by atoms with Crippen molar-refractivity contribution < 1.29 is 9.53 Å². The van der Waals surface area contributed by atoms with E-state index in [2.05, 4.69) is 10.3 Å². The van der Waals surface area contributed by atoms with E-state index in [-0.39, 0.29) is 5.91 Å². The van der Waals surface area contributed by atoms with Crippen LogP contribution in [0.4, 0.5) is 0 Å². The van der Waals surface area contributed by atoms with Crippen molar-refractivity contribution in [2.75, 3.05) is 0 Å². The van der Waals surface area contributed by atoms with Gasteiger partial charge in [0, 0.05) is 34.4 Å². The number of hydrogen-bond acceptors (Lipinski definition) is 3. The summed E-state index contributed by atoms with van der Waals surface area (Å²) in [5.74, 6) is 0.161. The SMILES string of the molecule is O=C(NCc1ccc(Cl)cc1Cl)c1ccnc(OCc2ccccc2)c1. The van der Waals surface area contributed by atoms with Crippen molar-refractivity contribution in [2.24, 2.45) is 0 Å². The molecule has 1 heterocycles. The highest BCUT2D eigenvalue weighted by Gasteiger charge is 2.09. The number of hydrogen-bond donors (Lipinski definition) is 1. The van der Waals surface area contributed by atoms with Crippen LogP contribution >= 0.6 is 23.2 Å². The average molecular weight is 387 g/mol. The summed E-state index contributed by atoms with van der Waals surface area (Å²) in [6, 6.07) is 18.2. The van der Waals surface area contributed by atoms with Gasteiger partial charge >= 0.3 is 0 Å². The van der Waals surface area contributed by atoms with Gasteiger partial charge in [0.25, 0.3) is 5.91 Å². The maximum Gasteiger partial charge on any atom is 0.251 e. The molecule has 0 saturated heterocycles. The van der Waals surface area contributed by atoms with Crippen molar-refractivity contribution in [3.63, 3.8) is 0 Å². The van der Waals surface area contributed by atoms with E-state index < -0.39 is 0 Å². The lowest BCUT2D eigenvalue weighted by atomic mass is 10.2. The molecular weight excluding hydrogens is 371 g/mol. The Hall–Kier alpha value is -2.56. The molecule has 132 valence electrons. The third-order valence-electron chi connectivity index (χ3n) is 3.68. The molecule has 0 bridgehead atoms. The maximum atomic E-state index is 12.4. The van der Waals surface area contributed by atoms with Gasteiger partial charge < -0.3 is 10.1 Å². The van der Waals surface area contributed by atoms with E-state index in [1.165, 1.54) is 0 Å². The van der Waals surface area contributed by atoms with Gasteiger partial charge in [-0.3, -0.25) is 4.79 Å². The van der Waals surface area contributed by atoms with Crippen molar-refractivity contribution in [1.82, 2.24) is 10.3 Å². The van der Waals surface area contributed by atoms with Crippen molar-refractivity contribution in [3.8, 4) is 5.88 Å². The molecule has 2 aromatic carbocycles. The predicted molar refractivity (Wildman–Crippen MR) is 103 cm³/mol. The van der Waals surface area contributed by atoms with Crippen LogP contribution in [0.5, 0.6) is 5.88 Å². The van der Waals surface area contributed by atoms with E-state index in [1.54, 1.807) is 36.5 Å². The molecule has 0 spiro atoms. The number of aromatic nitrogens is 1. The summed E-state index contributed by atoms with van der Waals surface area (Å²) in [5, 5.41) is 3.90. The number of carbonyl (C=O) groups excluding carboxylic acids is 1. The highest BCUT2D eigenvalue weighted by Crippen LogP contribution is 2.21. The molecule has 0 aliphatic rings. The van der Waals surface area contributed by atoms with Gasteiger partial charge in [0.05, 0.1) is 0 Å². The largest absolute Gasteiger partial charge is 0.473 e. The van der Waals surface area contributed by atoms with Crippen molar-refractivity contribution in [3.05, 3.63) is 93.6 Å². The fraction of sp³-hybridized carbons (Fsp3) is 0.100. The fourth-order valence-corrected chi connectivity index (χ4v) is 2.78. The summed E-state index contributed by atoms with van der Waals surface area (Å²) >= 11 is 12.0. The van der Waals surface area contributed by atoms with Crippen LogP contribution < -0.4 is 10.1 Å². The van der Waals surface area contributed by atoms with Gasteiger partial charge in [0.1, 0.15) is 6.61 Å². The molecule has 0 fully saturated rings. The molecule has 0 unspecified atom stereocenters. The second kappa shape index (κ2) is 8.70. The van der Waals surface area contributed by atoms with Crippen LogP contribution in [0.2, 0.25) is 10.0 Å². The Morgan fingerprint density at radius 1 is 1.04 bits per heavy atom. The van der Waals surface area contributed by atoms with Crippen LogP contribution in [0.1, 0.15) is 21.5 Å².